The lowest BCUT2D eigenvalue weighted by Crippen LogP contribution is -2.66. The van der Waals surface area contributed by atoms with Crippen molar-refractivity contribution in [2.45, 2.75) is 87.9 Å². The molecule has 8 aliphatic rings. The van der Waals surface area contributed by atoms with Crippen LogP contribution in [0.15, 0.2) is 206 Å². The van der Waals surface area contributed by atoms with E-state index >= 15 is 0 Å². The Labute approximate surface area is 476 Å². The lowest BCUT2D eigenvalue weighted by atomic mass is 9.30. The van der Waals surface area contributed by atoms with E-state index in [2.05, 4.69) is 279 Å². The van der Waals surface area contributed by atoms with Gasteiger partial charge >= 0.3 is 0 Å². The highest BCUT2D eigenvalue weighted by Crippen LogP contribution is 2.79. The van der Waals surface area contributed by atoms with E-state index in [-0.39, 0.29) is 10.8 Å². The summed E-state index contributed by atoms with van der Waals surface area (Å²) in [4.78, 5) is 0. The van der Waals surface area contributed by atoms with E-state index in [0.717, 1.165) is 23.7 Å². The minimum Gasteiger partial charge on any atom is -0.0622 e. The van der Waals surface area contributed by atoms with Gasteiger partial charge in [-0.2, -0.15) is 0 Å². The van der Waals surface area contributed by atoms with Crippen molar-refractivity contribution < 1.29 is 0 Å². The van der Waals surface area contributed by atoms with E-state index in [9.17, 15) is 0 Å². The van der Waals surface area contributed by atoms with Crippen LogP contribution in [0.2, 0.25) is 0 Å². The van der Waals surface area contributed by atoms with Gasteiger partial charge in [-0.15, -0.1) is 0 Å². The average Bonchev–Trinajstić information content (AvgIpc) is 1.59. The molecule has 8 fully saturated rings. The predicted octanol–water partition coefficient (Wildman–Crippen LogP) is 21.1. The van der Waals surface area contributed by atoms with Gasteiger partial charge in [-0.3, -0.25) is 0 Å². The zero-order valence-electron chi connectivity index (χ0n) is 46.4. The van der Waals surface area contributed by atoms with Gasteiger partial charge in [0.15, 0.2) is 0 Å². The van der Waals surface area contributed by atoms with Crippen LogP contribution in [0.25, 0.3) is 72.9 Å². The van der Waals surface area contributed by atoms with E-state index in [0.29, 0.717) is 10.8 Å². The lowest BCUT2D eigenvalue weighted by molar-refractivity contribution is -0.212. The van der Waals surface area contributed by atoms with Crippen LogP contribution in [0.3, 0.4) is 0 Å². The average molecular weight is 1040 g/mol. The fraction of sp³-hybridized carbons (Fsp3) is 0.250. The zero-order valence-corrected chi connectivity index (χ0v) is 46.4. The monoisotopic (exact) mass is 1030 g/mol. The smallest absolute Gasteiger partial charge is 0.00299 e. The number of hydrogen-bond acceptors (Lipinski definition) is 0. The zero-order chi connectivity index (χ0) is 53.4. The summed E-state index contributed by atoms with van der Waals surface area (Å²) in [7, 11) is 0. The minimum absolute atomic E-state index is 0.101. The molecule has 0 amide bonds. The van der Waals surface area contributed by atoms with Gasteiger partial charge in [-0.05, 0) is 212 Å². The summed E-state index contributed by atoms with van der Waals surface area (Å²) >= 11 is 0. The van der Waals surface area contributed by atoms with Crippen molar-refractivity contribution in [1.82, 2.24) is 0 Å². The second kappa shape index (κ2) is 21.3. The summed E-state index contributed by atoms with van der Waals surface area (Å²) in [6.07, 6.45) is 45.1. The molecule has 0 heterocycles. The Morgan fingerprint density at radius 3 is 0.787 bits per heavy atom. The van der Waals surface area contributed by atoms with Gasteiger partial charge in [-0.25, -0.2) is 0 Å². The molecule has 80 heavy (non-hydrogen) atoms. The van der Waals surface area contributed by atoms with Crippen LogP contribution in [0.4, 0.5) is 0 Å². The van der Waals surface area contributed by atoms with E-state index in [1.807, 2.05) is 0 Å². The van der Waals surface area contributed by atoms with Gasteiger partial charge in [0.1, 0.15) is 0 Å². The molecule has 0 saturated heterocycles. The van der Waals surface area contributed by atoms with Gasteiger partial charge < -0.3 is 0 Å². The van der Waals surface area contributed by atoms with Gasteiger partial charge in [0.05, 0.1) is 0 Å². The van der Waals surface area contributed by atoms with Gasteiger partial charge in [0.2, 0.25) is 0 Å². The first-order chi connectivity index (χ1) is 39.4. The van der Waals surface area contributed by atoms with E-state index in [1.54, 1.807) is 11.1 Å². The fourth-order valence-corrected chi connectivity index (χ4v) is 18.0. The number of rotatable bonds is 15. The number of benzene rings is 8. The van der Waals surface area contributed by atoms with Crippen LogP contribution in [-0.4, -0.2) is 0 Å². The molecule has 394 valence electrons. The molecular weight excluding hydrogens is 961 g/mol. The summed E-state index contributed by atoms with van der Waals surface area (Å²) in [6.45, 7) is 0. The van der Waals surface area contributed by atoms with Gasteiger partial charge in [0.25, 0.3) is 0 Å². The first kappa shape index (κ1) is 50.4. The van der Waals surface area contributed by atoms with E-state index in [1.165, 1.54) is 144 Å². The highest BCUT2D eigenvalue weighted by Gasteiger charge is 2.70. The quantitative estimate of drug-likeness (QED) is 0.0898. The molecule has 8 aromatic rings. The second-order valence-corrected chi connectivity index (χ2v) is 25.7. The van der Waals surface area contributed by atoms with Crippen LogP contribution in [0.5, 0.6) is 0 Å². The third kappa shape index (κ3) is 10.0. The Kier molecular flexibility index (Phi) is 13.5. The summed E-state index contributed by atoms with van der Waals surface area (Å²) in [6, 6.07) is 76.0. The van der Waals surface area contributed by atoms with Gasteiger partial charge in [0, 0.05) is 0 Å². The largest absolute Gasteiger partial charge is 0.0622 e. The van der Waals surface area contributed by atoms with E-state index in [4.69, 9.17) is 0 Å². The highest BCUT2D eigenvalue weighted by atomic mass is 14.7. The molecule has 8 aliphatic carbocycles. The fourth-order valence-electron chi connectivity index (χ4n) is 18.0. The third-order valence-corrected chi connectivity index (χ3v) is 20.4. The molecular formula is C80H74. The van der Waals surface area contributed by atoms with Crippen molar-refractivity contribution in [2.75, 3.05) is 0 Å². The Balaban J connectivity index is 0.919. The summed E-state index contributed by atoms with van der Waals surface area (Å²) in [5, 5.41) is 0. The summed E-state index contributed by atoms with van der Waals surface area (Å²) < 4.78 is 0. The van der Waals surface area contributed by atoms with Gasteiger partial charge in [-0.1, -0.05) is 267 Å². The molecule has 0 aliphatic heterocycles. The van der Waals surface area contributed by atoms with Crippen molar-refractivity contribution in [3.63, 3.8) is 0 Å². The first-order valence-electron chi connectivity index (χ1n) is 30.1. The van der Waals surface area contributed by atoms with Crippen LogP contribution in [0, 0.1) is 34.5 Å². The SMILES string of the molecule is C(=C\c1cc(/C=C/c2ccccc2)c(/C=C/c2ccccc2)c(C23CC4CC(C2)CC(C25CC6CC(CC(c7cc(/C=C/c8ccccc8)cc(/C=C/c8ccccc8)c7/C=C/c7ccccc7)(C6)C2)C5)(C4)C3)c1)/c1ccccc1. The van der Waals surface area contributed by atoms with Crippen molar-refractivity contribution in [3.05, 3.63) is 284 Å². The lowest BCUT2D eigenvalue weighted by Gasteiger charge is -2.74. The van der Waals surface area contributed by atoms with Crippen molar-refractivity contribution in [2.24, 2.45) is 34.5 Å². The number of hydrogen-bond donors (Lipinski definition) is 0. The third-order valence-electron chi connectivity index (χ3n) is 20.4. The molecule has 0 nitrogen and oxygen atoms in total. The summed E-state index contributed by atoms with van der Waals surface area (Å²) in [5.74, 6) is 3.01. The Hall–Kier alpha value is -7.80. The Bertz CT molecular complexity index is 3390. The summed E-state index contributed by atoms with van der Waals surface area (Å²) in [5.41, 5.74) is 19.6. The van der Waals surface area contributed by atoms with Crippen LogP contribution in [-0.2, 0) is 10.8 Å². The van der Waals surface area contributed by atoms with Crippen LogP contribution in [0.1, 0.15) is 155 Å². The highest BCUT2D eigenvalue weighted by molar-refractivity contribution is 5.86. The van der Waals surface area contributed by atoms with Crippen molar-refractivity contribution in [1.29, 1.82) is 0 Å². The molecule has 4 atom stereocenters. The van der Waals surface area contributed by atoms with Crippen molar-refractivity contribution >= 4 is 72.9 Å². The normalized spacial score (nSPS) is 27.6. The molecule has 8 aromatic carbocycles. The molecule has 8 saturated carbocycles. The molecule has 4 unspecified atom stereocenters. The van der Waals surface area contributed by atoms with Crippen LogP contribution < -0.4 is 0 Å². The standard InChI is InChI=1S/C80H74/c1-7-19-59(20-8-1)31-33-65-45-71(39-35-61-23-11-3-12-24-61)73(41-37-63-27-15-5-16-28-63)75(47-65)77-49-67-43-68(50-77)54-79(53-67,57-77)80-55-69-44-70(56-80)52-78(51-69,58-80)76-48-66(34-32-60-21-9-2-10-22-60)46-72(40-36-62-25-13-4-14-26-62)74(76)42-38-64-29-17-6-18-30-64/h1-42,45-48,67-70H,43-44,49-58H2/b33-31+,34-32+,39-35+,40-36+,41-37+,42-38+. The Morgan fingerprint density at radius 1 is 0.250 bits per heavy atom. The molecule has 8 bridgehead atoms. The topological polar surface area (TPSA) is 0 Å². The minimum atomic E-state index is 0.101. The van der Waals surface area contributed by atoms with Crippen LogP contribution >= 0.6 is 0 Å². The predicted molar refractivity (Wildman–Crippen MR) is 343 cm³/mol. The van der Waals surface area contributed by atoms with Crippen molar-refractivity contribution in [3.8, 4) is 0 Å². The maximum atomic E-state index is 2.68. The first-order valence-corrected chi connectivity index (χ1v) is 30.1. The van der Waals surface area contributed by atoms with E-state index < -0.39 is 0 Å². The maximum Gasteiger partial charge on any atom is -0.00299 e. The Morgan fingerprint density at radius 2 is 0.500 bits per heavy atom. The molecule has 0 radical (unpaired) electrons. The molecule has 0 spiro atoms. The molecule has 16 rings (SSSR count). The molecule has 0 N–H and O–H groups in total. The second-order valence-electron chi connectivity index (χ2n) is 25.7. The molecule has 0 heteroatoms. The molecule has 0 aromatic heterocycles. The maximum absolute atomic E-state index is 2.68.